The molecule has 0 amide bonds. The van der Waals surface area contributed by atoms with Crippen LogP contribution in [0.25, 0.3) is 0 Å². The van der Waals surface area contributed by atoms with Crippen molar-refractivity contribution in [2.75, 3.05) is 6.54 Å². The van der Waals surface area contributed by atoms with Crippen LogP contribution in [0.2, 0.25) is 0 Å². The van der Waals surface area contributed by atoms with Gasteiger partial charge in [-0.2, -0.15) is 0 Å². The molecule has 1 fully saturated rings. The second-order valence-electron chi connectivity index (χ2n) is 7.39. The molecule has 0 aliphatic heterocycles. The molecule has 21 heavy (non-hydrogen) atoms. The largest absolute Gasteiger partial charge is 0.314 e. The van der Waals surface area contributed by atoms with Crippen LogP contribution in [0, 0.1) is 5.92 Å². The summed E-state index contributed by atoms with van der Waals surface area (Å²) in [5, 5.41) is 3.67. The Labute approximate surface area is 131 Å². The van der Waals surface area contributed by atoms with E-state index in [1.54, 1.807) is 5.56 Å². The molecule has 1 heteroatoms. The first kappa shape index (κ1) is 16.5. The average molecular weight is 287 g/mol. The zero-order chi connectivity index (χ0) is 15.2. The lowest BCUT2D eigenvalue weighted by Crippen LogP contribution is -2.31. The molecule has 1 aliphatic carbocycles. The summed E-state index contributed by atoms with van der Waals surface area (Å²) >= 11 is 0. The Morgan fingerprint density at radius 3 is 2.24 bits per heavy atom. The van der Waals surface area contributed by atoms with Crippen molar-refractivity contribution >= 4 is 0 Å². The van der Waals surface area contributed by atoms with Crippen molar-refractivity contribution in [1.82, 2.24) is 5.32 Å². The maximum Gasteiger partial charge on any atom is 0.00104 e. The molecule has 2 atom stereocenters. The zero-order valence-corrected chi connectivity index (χ0v) is 14.4. The van der Waals surface area contributed by atoms with Gasteiger partial charge in [0.05, 0.1) is 0 Å². The first-order chi connectivity index (χ1) is 10.1. The van der Waals surface area contributed by atoms with Crippen LogP contribution >= 0.6 is 0 Å². The van der Waals surface area contributed by atoms with Gasteiger partial charge >= 0.3 is 0 Å². The van der Waals surface area contributed by atoms with Gasteiger partial charge in [0.1, 0.15) is 0 Å². The van der Waals surface area contributed by atoms with Crippen LogP contribution in [-0.4, -0.2) is 12.6 Å². The normalized spacial score (nSPS) is 23.5. The molecule has 0 spiro atoms. The Hall–Kier alpha value is -0.820. The van der Waals surface area contributed by atoms with Crippen molar-refractivity contribution in [2.45, 2.75) is 77.7 Å². The summed E-state index contributed by atoms with van der Waals surface area (Å²) in [5.41, 5.74) is 3.03. The number of nitrogens with one attached hydrogen (secondary N) is 1. The number of benzene rings is 1. The van der Waals surface area contributed by atoms with Crippen LogP contribution < -0.4 is 5.32 Å². The molecule has 0 heterocycles. The Morgan fingerprint density at radius 1 is 0.952 bits per heavy atom. The molecule has 2 unspecified atom stereocenters. The van der Waals surface area contributed by atoms with E-state index >= 15 is 0 Å². The minimum atomic E-state index is 0.595. The van der Waals surface area contributed by atoms with E-state index in [0.717, 1.165) is 11.8 Å². The molecule has 0 saturated heterocycles. The summed E-state index contributed by atoms with van der Waals surface area (Å²) < 4.78 is 0. The maximum absolute atomic E-state index is 3.67. The first-order valence-electron chi connectivity index (χ1n) is 8.91. The summed E-state index contributed by atoms with van der Waals surface area (Å²) in [6.45, 7) is 10.2. The third-order valence-electron chi connectivity index (χ3n) is 4.98. The zero-order valence-electron chi connectivity index (χ0n) is 14.4. The van der Waals surface area contributed by atoms with E-state index in [2.05, 4.69) is 57.3 Å². The van der Waals surface area contributed by atoms with E-state index in [0.29, 0.717) is 12.0 Å². The van der Waals surface area contributed by atoms with Crippen molar-refractivity contribution in [3.8, 4) is 0 Å². The van der Waals surface area contributed by atoms with Crippen molar-refractivity contribution in [1.29, 1.82) is 0 Å². The molecule has 1 aromatic carbocycles. The lowest BCUT2D eigenvalue weighted by atomic mass is 9.81. The predicted molar refractivity (Wildman–Crippen MR) is 93.0 cm³/mol. The minimum absolute atomic E-state index is 0.595. The SMILES string of the molecule is CC(C)NCC1CCCCCC1c1ccc(C(C)C)cc1. The third-order valence-corrected chi connectivity index (χ3v) is 4.98. The van der Waals surface area contributed by atoms with E-state index in [-0.39, 0.29) is 0 Å². The van der Waals surface area contributed by atoms with Gasteiger partial charge in [0.25, 0.3) is 0 Å². The van der Waals surface area contributed by atoms with Crippen LogP contribution in [-0.2, 0) is 0 Å². The lowest BCUT2D eigenvalue weighted by molar-refractivity contribution is 0.363. The molecule has 1 nitrogen and oxygen atoms in total. The molecule has 1 saturated carbocycles. The molecular weight excluding hydrogens is 254 g/mol. The van der Waals surface area contributed by atoms with Gasteiger partial charge in [-0.05, 0) is 48.3 Å². The topological polar surface area (TPSA) is 12.0 Å². The number of hydrogen-bond acceptors (Lipinski definition) is 1. The number of hydrogen-bond donors (Lipinski definition) is 1. The Balaban J connectivity index is 2.11. The van der Waals surface area contributed by atoms with Crippen molar-refractivity contribution in [3.05, 3.63) is 35.4 Å². The summed E-state index contributed by atoms with van der Waals surface area (Å²) in [7, 11) is 0. The standard InChI is InChI=1S/C20H33N/c1-15(2)17-10-12-18(13-11-17)20-9-7-5-6-8-19(20)14-21-16(3)4/h10-13,15-16,19-21H,5-9,14H2,1-4H3. The minimum Gasteiger partial charge on any atom is -0.314 e. The summed E-state index contributed by atoms with van der Waals surface area (Å²) in [4.78, 5) is 0. The fraction of sp³-hybridized carbons (Fsp3) is 0.700. The van der Waals surface area contributed by atoms with Crippen LogP contribution in [0.15, 0.2) is 24.3 Å². The van der Waals surface area contributed by atoms with Crippen molar-refractivity contribution in [3.63, 3.8) is 0 Å². The molecule has 2 rings (SSSR count). The second-order valence-corrected chi connectivity index (χ2v) is 7.39. The number of rotatable bonds is 5. The van der Waals surface area contributed by atoms with Crippen molar-refractivity contribution < 1.29 is 0 Å². The fourth-order valence-electron chi connectivity index (χ4n) is 3.58. The molecular formula is C20H33N. The van der Waals surface area contributed by atoms with Gasteiger partial charge < -0.3 is 5.32 Å². The van der Waals surface area contributed by atoms with Gasteiger partial charge in [-0.3, -0.25) is 0 Å². The maximum atomic E-state index is 3.67. The van der Waals surface area contributed by atoms with E-state index in [1.165, 1.54) is 44.2 Å². The van der Waals surface area contributed by atoms with Gasteiger partial charge in [-0.1, -0.05) is 71.2 Å². The van der Waals surface area contributed by atoms with Crippen molar-refractivity contribution in [2.24, 2.45) is 5.92 Å². The average Bonchev–Trinajstić information content (AvgIpc) is 2.70. The van der Waals surface area contributed by atoms with Crippen LogP contribution in [0.5, 0.6) is 0 Å². The molecule has 0 bridgehead atoms. The Bertz CT molecular complexity index is 404. The van der Waals surface area contributed by atoms with E-state index < -0.39 is 0 Å². The highest BCUT2D eigenvalue weighted by Gasteiger charge is 2.25. The monoisotopic (exact) mass is 287 g/mol. The van der Waals surface area contributed by atoms with Crippen LogP contribution in [0.1, 0.15) is 82.8 Å². The highest BCUT2D eigenvalue weighted by Crippen LogP contribution is 2.36. The van der Waals surface area contributed by atoms with E-state index in [9.17, 15) is 0 Å². The molecule has 1 aliphatic rings. The highest BCUT2D eigenvalue weighted by atomic mass is 14.9. The molecule has 1 aromatic rings. The Kier molecular flexibility index (Phi) is 6.29. The smallest absolute Gasteiger partial charge is 0.00104 e. The van der Waals surface area contributed by atoms with E-state index in [4.69, 9.17) is 0 Å². The fourth-order valence-corrected chi connectivity index (χ4v) is 3.58. The van der Waals surface area contributed by atoms with E-state index in [1.807, 2.05) is 0 Å². The Morgan fingerprint density at radius 2 is 1.62 bits per heavy atom. The second kappa shape index (κ2) is 7.98. The quantitative estimate of drug-likeness (QED) is 0.708. The van der Waals surface area contributed by atoms with Crippen LogP contribution in [0.3, 0.4) is 0 Å². The van der Waals surface area contributed by atoms with Gasteiger partial charge in [0.15, 0.2) is 0 Å². The third kappa shape index (κ3) is 4.85. The first-order valence-corrected chi connectivity index (χ1v) is 8.91. The van der Waals surface area contributed by atoms with Crippen LogP contribution in [0.4, 0.5) is 0 Å². The molecule has 1 N–H and O–H groups in total. The predicted octanol–water partition coefficient (Wildman–Crippen LogP) is 5.47. The van der Waals surface area contributed by atoms with Gasteiger partial charge in [-0.25, -0.2) is 0 Å². The molecule has 0 aromatic heterocycles. The van der Waals surface area contributed by atoms with Gasteiger partial charge in [0, 0.05) is 6.04 Å². The van der Waals surface area contributed by atoms with Gasteiger partial charge in [0.2, 0.25) is 0 Å². The molecule has 118 valence electrons. The summed E-state index contributed by atoms with van der Waals surface area (Å²) in [5.74, 6) is 2.19. The molecule has 0 radical (unpaired) electrons. The van der Waals surface area contributed by atoms with Gasteiger partial charge in [-0.15, -0.1) is 0 Å². The lowest BCUT2D eigenvalue weighted by Gasteiger charge is -2.27. The summed E-state index contributed by atoms with van der Waals surface area (Å²) in [6, 6.07) is 10.1. The summed E-state index contributed by atoms with van der Waals surface area (Å²) in [6.07, 6.45) is 6.97. The highest BCUT2D eigenvalue weighted by molar-refractivity contribution is 5.28.